The number of methoxy groups -OCH3 is 2. The third-order valence-electron chi connectivity index (χ3n) is 5.76. The summed E-state index contributed by atoms with van der Waals surface area (Å²) in [6.45, 7) is 1.26. The maximum atomic E-state index is 13.7. The summed E-state index contributed by atoms with van der Waals surface area (Å²) < 4.78 is 44.7. The monoisotopic (exact) mass is 601 g/mol. The Morgan fingerprint density at radius 3 is 2.42 bits per heavy atom. The quantitative estimate of drug-likeness (QED) is 0.178. The zero-order valence-electron chi connectivity index (χ0n) is 21.7. The number of ether oxygens (including phenoxy) is 2. The molecule has 9 nitrogen and oxygen atoms in total. The van der Waals surface area contributed by atoms with E-state index >= 15 is 0 Å². The molecular formula is C28H25Cl2N3O6S. The van der Waals surface area contributed by atoms with Crippen LogP contribution in [-0.2, 0) is 14.8 Å². The van der Waals surface area contributed by atoms with Crippen LogP contribution in [0.25, 0.3) is 11.3 Å². The second-order valence-corrected chi connectivity index (χ2v) is 11.2. The molecule has 3 aromatic carbocycles. The van der Waals surface area contributed by atoms with E-state index in [1.165, 1.54) is 44.7 Å². The summed E-state index contributed by atoms with van der Waals surface area (Å²) >= 11 is 12.2. The first-order valence-corrected chi connectivity index (χ1v) is 14.0. The predicted molar refractivity (Wildman–Crippen MR) is 155 cm³/mol. The number of nitrogens with zero attached hydrogens (tertiary/aromatic N) is 2. The van der Waals surface area contributed by atoms with Crippen LogP contribution in [0.5, 0.6) is 11.5 Å². The molecule has 0 fully saturated rings. The van der Waals surface area contributed by atoms with Gasteiger partial charge in [-0.05, 0) is 61.5 Å². The van der Waals surface area contributed by atoms with Crippen molar-refractivity contribution in [3.05, 3.63) is 94.2 Å². The molecule has 1 amide bonds. The summed E-state index contributed by atoms with van der Waals surface area (Å²) in [5.41, 5.74) is 4.03. The van der Waals surface area contributed by atoms with Gasteiger partial charge in [0.2, 0.25) is 0 Å². The SMILES string of the molecule is COc1ccc(N(CC(=O)N/N=C\c2ccc(-c3ccc(Cl)cc3Cl)o2)S(=O)(=O)c2ccc(C)cc2)c(OC)c1. The fourth-order valence-electron chi connectivity index (χ4n) is 3.72. The molecule has 0 aliphatic carbocycles. The van der Waals surface area contributed by atoms with Gasteiger partial charge in [0.15, 0.2) is 0 Å². The fourth-order valence-corrected chi connectivity index (χ4v) is 5.65. The van der Waals surface area contributed by atoms with E-state index in [-0.39, 0.29) is 16.3 Å². The molecule has 40 heavy (non-hydrogen) atoms. The minimum atomic E-state index is -4.17. The third kappa shape index (κ3) is 6.59. The van der Waals surface area contributed by atoms with E-state index in [4.69, 9.17) is 37.1 Å². The number of rotatable bonds is 10. The zero-order chi connectivity index (χ0) is 28.9. The number of carbonyl (C=O) groups is 1. The highest BCUT2D eigenvalue weighted by atomic mass is 35.5. The molecule has 0 aliphatic heterocycles. The summed E-state index contributed by atoms with van der Waals surface area (Å²) in [7, 11) is -1.29. The molecule has 1 heterocycles. The van der Waals surface area contributed by atoms with Gasteiger partial charge >= 0.3 is 0 Å². The van der Waals surface area contributed by atoms with Crippen LogP contribution in [-0.4, -0.2) is 41.3 Å². The molecular weight excluding hydrogens is 577 g/mol. The highest BCUT2D eigenvalue weighted by Crippen LogP contribution is 2.35. The zero-order valence-corrected chi connectivity index (χ0v) is 24.0. The van der Waals surface area contributed by atoms with Crippen molar-refractivity contribution in [2.75, 3.05) is 25.1 Å². The molecule has 0 radical (unpaired) electrons. The maximum absolute atomic E-state index is 13.7. The van der Waals surface area contributed by atoms with Gasteiger partial charge in [-0.3, -0.25) is 9.10 Å². The number of hydrogen-bond acceptors (Lipinski definition) is 7. The smallest absolute Gasteiger partial charge is 0.264 e. The highest BCUT2D eigenvalue weighted by molar-refractivity contribution is 7.92. The lowest BCUT2D eigenvalue weighted by atomic mass is 10.2. The van der Waals surface area contributed by atoms with E-state index < -0.39 is 22.5 Å². The Labute approximate surface area is 242 Å². The fraction of sp³-hybridized carbons (Fsp3) is 0.143. The highest BCUT2D eigenvalue weighted by Gasteiger charge is 2.29. The van der Waals surface area contributed by atoms with E-state index in [1.807, 2.05) is 6.92 Å². The van der Waals surface area contributed by atoms with Crippen LogP contribution in [0.15, 0.2) is 87.2 Å². The van der Waals surface area contributed by atoms with Crippen molar-refractivity contribution < 1.29 is 27.1 Å². The van der Waals surface area contributed by atoms with Gasteiger partial charge in [0.05, 0.1) is 36.0 Å². The number of hydrazone groups is 1. The van der Waals surface area contributed by atoms with E-state index in [2.05, 4.69) is 10.5 Å². The summed E-state index contributed by atoms with van der Waals surface area (Å²) in [5, 5.41) is 4.84. The van der Waals surface area contributed by atoms with Crippen LogP contribution in [0.3, 0.4) is 0 Å². The molecule has 4 aromatic rings. The van der Waals surface area contributed by atoms with Crippen LogP contribution in [0.2, 0.25) is 10.0 Å². The van der Waals surface area contributed by atoms with Gasteiger partial charge in [0.1, 0.15) is 29.6 Å². The van der Waals surface area contributed by atoms with Crippen LogP contribution in [0.4, 0.5) is 5.69 Å². The van der Waals surface area contributed by atoms with Gasteiger partial charge < -0.3 is 13.9 Å². The molecule has 0 atom stereocenters. The van der Waals surface area contributed by atoms with Crippen molar-refractivity contribution in [2.45, 2.75) is 11.8 Å². The van der Waals surface area contributed by atoms with Crippen LogP contribution >= 0.6 is 23.2 Å². The first-order valence-electron chi connectivity index (χ1n) is 11.8. The molecule has 0 unspecified atom stereocenters. The first-order chi connectivity index (χ1) is 19.1. The van der Waals surface area contributed by atoms with Crippen molar-refractivity contribution >= 4 is 51.0 Å². The Hall–Kier alpha value is -3.99. The Kier molecular flexibility index (Phi) is 9.03. The summed E-state index contributed by atoms with van der Waals surface area (Å²) in [4.78, 5) is 12.9. The van der Waals surface area contributed by atoms with Crippen LogP contribution in [0, 0.1) is 6.92 Å². The predicted octanol–water partition coefficient (Wildman–Crippen LogP) is 5.92. The Bertz CT molecular complexity index is 1650. The lowest BCUT2D eigenvalue weighted by Crippen LogP contribution is -2.39. The van der Waals surface area contributed by atoms with E-state index in [0.29, 0.717) is 32.9 Å². The molecule has 208 valence electrons. The standard InChI is InChI=1S/C28H25Cl2N3O6S/c1-18-4-9-22(10-5-18)40(35,36)33(25-12-7-20(37-2)15-27(25)38-3)17-28(34)32-31-16-21-8-13-26(39-21)23-11-6-19(29)14-24(23)30/h4-16H,17H2,1-3H3,(H,32,34)/b31-16-. The van der Waals surface area contributed by atoms with E-state index in [9.17, 15) is 13.2 Å². The van der Waals surface area contributed by atoms with Crippen molar-refractivity contribution in [1.29, 1.82) is 0 Å². The lowest BCUT2D eigenvalue weighted by Gasteiger charge is -2.25. The first kappa shape index (κ1) is 29.0. The number of sulfonamides is 1. The Morgan fingerprint density at radius 2 is 1.75 bits per heavy atom. The number of nitrogens with one attached hydrogen (secondary N) is 1. The van der Waals surface area contributed by atoms with Crippen LogP contribution < -0.4 is 19.2 Å². The Balaban J connectivity index is 1.56. The number of amides is 1. The number of anilines is 1. The van der Waals surface area contributed by atoms with Crippen molar-refractivity contribution in [1.82, 2.24) is 5.43 Å². The Morgan fingerprint density at radius 1 is 1.00 bits per heavy atom. The lowest BCUT2D eigenvalue weighted by molar-refractivity contribution is -0.119. The number of furan rings is 1. The molecule has 0 bridgehead atoms. The van der Waals surface area contributed by atoms with E-state index in [1.54, 1.807) is 48.5 Å². The minimum absolute atomic E-state index is 0.0104. The summed E-state index contributed by atoms with van der Waals surface area (Å²) in [5.74, 6) is 0.784. The number of benzene rings is 3. The summed E-state index contributed by atoms with van der Waals surface area (Å²) in [6, 6.07) is 19.3. The second kappa shape index (κ2) is 12.5. The molecule has 1 N–H and O–H groups in total. The van der Waals surface area contributed by atoms with Crippen molar-refractivity contribution in [3.63, 3.8) is 0 Å². The largest absolute Gasteiger partial charge is 0.497 e. The molecule has 1 aromatic heterocycles. The van der Waals surface area contributed by atoms with Gasteiger partial charge in [-0.1, -0.05) is 40.9 Å². The van der Waals surface area contributed by atoms with Gasteiger partial charge in [0.25, 0.3) is 15.9 Å². The van der Waals surface area contributed by atoms with Crippen molar-refractivity contribution in [2.24, 2.45) is 5.10 Å². The molecule has 12 heteroatoms. The third-order valence-corrected chi connectivity index (χ3v) is 8.08. The number of hydrogen-bond donors (Lipinski definition) is 1. The summed E-state index contributed by atoms with van der Waals surface area (Å²) in [6.07, 6.45) is 1.29. The van der Waals surface area contributed by atoms with Crippen LogP contribution in [0.1, 0.15) is 11.3 Å². The van der Waals surface area contributed by atoms with Gasteiger partial charge in [-0.2, -0.15) is 5.10 Å². The van der Waals surface area contributed by atoms with Gasteiger partial charge in [-0.15, -0.1) is 0 Å². The average Bonchev–Trinajstić information content (AvgIpc) is 3.40. The van der Waals surface area contributed by atoms with Gasteiger partial charge in [0, 0.05) is 16.7 Å². The topological polar surface area (TPSA) is 110 Å². The molecule has 0 saturated carbocycles. The molecule has 0 spiro atoms. The normalized spacial score (nSPS) is 11.4. The second-order valence-electron chi connectivity index (χ2n) is 8.48. The number of carbonyl (C=O) groups excluding carboxylic acids is 1. The number of aryl methyl sites for hydroxylation is 1. The van der Waals surface area contributed by atoms with E-state index in [0.717, 1.165) is 9.87 Å². The van der Waals surface area contributed by atoms with Gasteiger partial charge in [-0.25, -0.2) is 13.8 Å². The van der Waals surface area contributed by atoms with Crippen molar-refractivity contribution in [3.8, 4) is 22.8 Å². The number of halogens is 2. The maximum Gasteiger partial charge on any atom is 0.264 e. The molecule has 0 saturated heterocycles. The molecule has 4 rings (SSSR count). The molecule has 0 aliphatic rings. The average molecular weight is 602 g/mol. The minimum Gasteiger partial charge on any atom is -0.497 e.